The molecule has 0 unspecified atom stereocenters. The van der Waals surface area contributed by atoms with E-state index in [9.17, 15) is 9.59 Å². The first kappa shape index (κ1) is 17.6. The standard InChI is InChI=1S/C16H22N6O2S/c1-12(23)17-3-4-18-14(24)10-21-5-7-22(8-6-21)15-13-2-9-25-16(13)20-11-19-15/h2,9,11H,3-8,10H2,1H3,(H,17,23)(H,18,24). The van der Waals surface area contributed by atoms with Crippen LogP contribution >= 0.6 is 11.3 Å². The summed E-state index contributed by atoms with van der Waals surface area (Å²) in [6, 6.07) is 2.06. The maximum atomic E-state index is 11.9. The van der Waals surface area contributed by atoms with Gasteiger partial charge in [-0.25, -0.2) is 9.97 Å². The van der Waals surface area contributed by atoms with Gasteiger partial charge in [-0.15, -0.1) is 11.3 Å². The summed E-state index contributed by atoms with van der Waals surface area (Å²) in [7, 11) is 0. The highest BCUT2D eigenvalue weighted by Crippen LogP contribution is 2.27. The number of thiophene rings is 1. The molecule has 0 bridgehead atoms. The van der Waals surface area contributed by atoms with Crippen molar-refractivity contribution in [3.63, 3.8) is 0 Å². The molecule has 2 N–H and O–H groups in total. The van der Waals surface area contributed by atoms with Crippen LogP contribution in [0.15, 0.2) is 17.8 Å². The van der Waals surface area contributed by atoms with Gasteiger partial charge in [-0.05, 0) is 11.4 Å². The highest BCUT2D eigenvalue weighted by atomic mass is 32.1. The van der Waals surface area contributed by atoms with Crippen LogP contribution in [0.2, 0.25) is 0 Å². The van der Waals surface area contributed by atoms with Crippen molar-refractivity contribution in [3.05, 3.63) is 17.8 Å². The second kappa shape index (κ2) is 8.21. The molecule has 0 radical (unpaired) electrons. The summed E-state index contributed by atoms with van der Waals surface area (Å²) in [5, 5.41) is 8.60. The van der Waals surface area contributed by atoms with Crippen molar-refractivity contribution in [1.82, 2.24) is 25.5 Å². The summed E-state index contributed by atoms with van der Waals surface area (Å²) in [5.74, 6) is 0.876. The molecule has 0 aliphatic carbocycles. The third kappa shape index (κ3) is 4.64. The third-order valence-electron chi connectivity index (χ3n) is 4.10. The number of carbonyl (C=O) groups excluding carboxylic acids is 2. The van der Waals surface area contributed by atoms with Crippen LogP contribution in [0.5, 0.6) is 0 Å². The highest BCUT2D eigenvalue weighted by Gasteiger charge is 2.21. The van der Waals surface area contributed by atoms with Gasteiger partial charge in [0.25, 0.3) is 0 Å². The van der Waals surface area contributed by atoms with E-state index in [0.29, 0.717) is 19.6 Å². The quantitative estimate of drug-likeness (QED) is 0.707. The summed E-state index contributed by atoms with van der Waals surface area (Å²) >= 11 is 1.62. The van der Waals surface area contributed by atoms with Gasteiger partial charge in [-0.3, -0.25) is 14.5 Å². The van der Waals surface area contributed by atoms with Crippen LogP contribution < -0.4 is 15.5 Å². The molecule has 0 saturated carbocycles. The Hall–Kier alpha value is -2.26. The van der Waals surface area contributed by atoms with E-state index in [4.69, 9.17) is 0 Å². The van der Waals surface area contributed by atoms with Gasteiger partial charge in [-0.1, -0.05) is 0 Å². The summed E-state index contributed by atoms with van der Waals surface area (Å²) in [6.45, 7) is 6.05. The summed E-state index contributed by atoms with van der Waals surface area (Å²) in [6.07, 6.45) is 1.61. The summed E-state index contributed by atoms with van der Waals surface area (Å²) in [5.41, 5.74) is 0. The number of fused-ring (bicyclic) bond motifs is 1. The van der Waals surface area contributed by atoms with E-state index in [2.05, 4.69) is 36.5 Å². The lowest BCUT2D eigenvalue weighted by Crippen LogP contribution is -2.50. The number of amides is 2. The van der Waals surface area contributed by atoms with Crippen molar-refractivity contribution >= 4 is 39.2 Å². The second-order valence-electron chi connectivity index (χ2n) is 5.93. The van der Waals surface area contributed by atoms with Gasteiger partial charge < -0.3 is 15.5 Å². The van der Waals surface area contributed by atoms with E-state index in [1.165, 1.54) is 6.92 Å². The number of piperazine rings is 1. The van der Waals surface area contributed by atoms with Crippen molar-refractivity contribution in [1.29, 1.82) is 0 Å². The molecule has 9 heteroatoms. The molecule has 1 aliphatic heterocycles. The van der Waals surface area contributed by atoms with Gasteiger partial charge in [0.05, 0.1) is 11.9 Å². The van der Waals surface area contributed by atoms with Gasteiger partial charge in [0, 0.05) is 46.2 Å². The van der Waals surface area contributed by atoms with Gasteiger partial charge >= 0.3 is 0 Å². The molecule has 25 heavy (non-hydrogen) atoms. The van der Waals surface area contributed by atoms with E-state index in [1.807, 2.05) is 5.38 Å². The van der Waals surface area contributed by atoms with Crippen LogP contribution in [0.1, 0.15) is 6.92 Å². The summed E-state index contributed by atoms with van der Waals surface area (Å²) in [4.78, 5) is 36.8. The molecule has 2 amide bonds. The van der Waals surface area contributed by atoms with Gasteiger partial charge in [0.1, 0.15) is 17.0 Å². The van der Waals surface area contributed by atoms with Gasteiger partial charge in [0.2, 0.25) is 11.8 Å². The fraction of sp³-hybridized carbons (Fsp3) is 0.500. The highest BCUT2D eigenvalue weighted by molar-refractivity contribution is 7.16. The molecule has 2 aromatic rings. The zero-order valence-corrected chi connectivity index (χ0v) is 15.0. The van der Waals surface area contributed by atoms with Crippen molar-refractivity contribution < 1.29 is 9.59 Å². The number of carbonyl (C=O) groups is 2. The fourth-order valence-corrected chi connectivity index (χ4v) is 3.57. The molecular weight excluding hydrogens is 340 g/mol. The molecule has 2 aromatic heterocycles. The molecule has 1 fully saturated rings. The third-order valence-corrected chi connectivity index (χ3v) is 4.92. The van der Waals surface area contributed by atoms with E-state index in [0.717, 1.165) is 42.2 Å². The predicted octanol–water partition coefficient (Wildman–Crippen LogP) is 0.0656. The molecule has 0 aromatic carbocycles. The van der Waals surface area contributed by atoms with Crippen molar-refractivity contribution in [2.75, 3.05) is 50.7 Å². The molecule has 3 rings (SSSR count). The minimum Gasteiger partial charge on any atom is -0.355 e. The van der Waals surface area contributed by atoms with E-state index >= 15 is 0 Å². The maximum Gasteiger partial charge on any atom is 0.234 e. The smallest absolute Gasteiger partial charge is 0.234 e. The molecule has 1 aliphatic rings. The minimum atomic E-state index is -0.0881. The molecule has 8 nitrogen and oxygen atoms in total. The maximum absolute atomic E-state index is 11.9. The molecule has 0 atom stereocenters. The Balaban J connectivity index is 1.45. The Bertz CT molecular complexity index is 741. The van der Waals surface area contributed by atoms with Crippen LogP contribution in [0.25, 0.3) is 10.2 Å². The van der Waals surface area contributed by atoms with Crippen LogP contribution in [0.3, 0.4) is 0 Å². The first-order valence-electron chi connectivity index (χ1n) is 8.30. The number of nitrogens with zero attached hydrogens (tertiary/aromatic N) is 4. The van der Waals surface area contributed by atoms with E-state index in [-0.39, 0.29) is 11.8 Å². The largest absolute Gasteiger partial charge is 0.355 e. The van der Waals surface area contributed by atoms with E-state index in [1.54, 1.807) is 17.7 Å². The number of nitrogens with one attached hydrogen (secondary N) is 2. The minimum absolute atomic E-state index is 0.0129. The normalized spacial score (nSPS) is 15.3. The number of rotatable bonds is 6. The Kier molecular flexibility index (Phi) is 5.77. The van der Waals surface area contributed by atoms with Gasteiger partial charge in [-0.2, -0.15) is 0 Å². The number of aromatic nitrogens is 2. The zero-order chi connectivity index (χ0) is 17.6. The Labute approximate surface area is 150 Å². The fourth-order valence-electron chi connectivity index (χ4n) is 2.85. The molecule has 3 heterocycles. The predicted molar refractivity (Wildman–Crippen MR) is 97.8 cm³/mol. The van der Waals surface area contributed by atoms with Crippen LogP contribution in [0.4, 0.5) is 5.82 Å². The molecule has 1 saturated heterocycles. The van der Waals surface area contributed by atoms with Crippen LogP contribution in [0, 0.1) is 0 Å². The number of hydrogen-bond donors (Lipinski definition) is 2. The molecule has 134 valence electrons. The lowest BCUT2D eigenvalue weighted by molar-refractivity contribution is -0.123. The summed E-state index contributed by atoms with van der Waals surface area (Å²) < 4.78 is 0. The Morgan fingerprint density at radius 3 is 2.68 bits per heavy atom. The van der Waals surface area contributed by atoms with Crippen LogP contribution in [-0.4, -0.2) is 72.5 Å². The SMILES string of the molecule is CC(=O)NCCNC(=O)CN1CCN(c2ncnc3sccc23)CC1. The number of hydrogen-bond acceptors (Lipinski definition) is 7. The second-order valence-corrected chi connectivity index (χ2v) is 6.83. The lowest BCUT2D eigenvalue weighted by atomic mass is 10.2. The zero-order valence-electron chi connectivity index (χ0n) is 14.2. The average molecular weight is 362 g/mol. The first-order valence-corrected chi connectivity index (χ1v) is 9.18. The topological polar surface area (TPSA) is 90.5 Å². The number of anilines is 1. The van der Waals surface area contributed by atoms with E-state index < -0.39 is 0 Å². The van der Waals surface area contributed by atoms with Gasteiger partial charge in [0.15, 0.2) is 0 Å². The monoisotopic (exact) mass is 362 g/mol. The first-order chi connectivity index (χ1) is 12.1. The van der Waals surface area contributed by atoms with Crippen LogP contribution in [-0.2, 0) is 9.59 Å². The lowest BCUT2D eigenvalue weighted by Gasteiger charge is -2.35. The Morgan fingerprint density at radius 2 is 1.92 bits per heavy atom. The van der Waals surface area contributed by atoms with Crippen molar-refractivity contribution in [2.45, 2.75) is 6.92 Å². The molecular formula is C16H22N6O2S. The average Bonchev–Trinajstić information content (AvgIpc) is 3.08. The van der Waals surface area contributed by atoms with Crippen molar-refractivity contribution in [3.8, 4) is 0 Å². The molecule has 0 spiro atoms. The Morgan fingerprint density at radius 1 is 1.16 bits per heavy atom. The van der Waals surface area contributed by atoms with Crippen molar-refractivity contribution in [2.24, 2.45) is 0 Å².